The maximum atomic E-state index is 9.55. The quantitative estimate of drug-likeness (QED) is 0.410. The summed E-state index contributed by atoms with van der Waals surface area (Å²) in [5.74, 6) is 0. The van der Waals surface area contributed by atoms with E-state index in [0.29, 0.717) is 0 Å². The third-order valence-corrected chi connectivity index (χ3v) is 0. The third kappa shape index (κ3) is 595. The van der Waals surface area contributed by atoms with Crippen LogP contribution in [0.4, 0.5) is 0 Å². The molecule has 0 aromatic carbocycles. The van der Waals surface area contributed by atoms with Crippen molar-refractivity contribution in [2.24, 2.45) is 16.5 Å². The Hall–Kier alpha value is -1.87. The van der Waals surface area contributed by atoms with Gasteiger partial charge in [-0.2, -0.15) is 0 Å². The van der Waals surface area contributed by atoms with Crippen molar-refractivity contribution >= 4 is 48.3 Å². The van der Waals surface area contributed by atoms with Crippen LogP contribution in [-0.2, 0) is 33.3 Å². The molecule has 0 unspecified atom stereocenters. The molecule has 0 rings (SSSR count). The van der Waals surface area contributed by atoms with Gasteiger partial charge in [-0.15, -0.1) is 0 Å². The maximum Gasteiger partial charge on any atom is 0.271 e. The Bertz CT molecular complexity index is 122. The largest absolute Gasteiger partial charge is 0.307 e. The van der Waals surface area contributed by atoms with E-state index in [2.05, 4.69) is 16.5 Å². The minimum Gasteiger partial charge on any atom is -0.307 e. The Labute approximate surface area is 99.0 Å². The average Bonchev–Trinajstić information content (AvgIpc) is 2.41. The summed E-state index contributed by atoms with van der Waals surface area (Å²) in [5, 5.41) is 0. The minimum atomic E-state index is -3.14. The van der Waals surface area contributed by atoms with E-state index in [9.17, 15) is 4.57 Å². The van der Waals surface area contributed by atoms with Crippen molar-refractivity contribution in [3.8, 4) is 0 Å². The van der Waals surface area contributed by atoms with Gasteiger partial charge in [-0.3, -0.25) is 21.1 Å². The molecule has 0 atom stereocenters. The first-order chi connectivity index (χ1) is 8.00. The fraction of sp³-hybridized carbons (Fsp3) is 0. The number of hydrogen-bond donors (Lipinski definition) is 3. The SMILES string of the molecule is C=O.C=O.C=O.C=O.C=O.C=O.NP(N)(N)=O. The van der Waals surface area contributed by atoms with Crippen molar-refractivity contribution in [2.45, 2.75) is 0 Å². The lowest BCUT2D eigenvalue weighted by atomic mass is 11.9. The molecule has 0 aromatic rings. The van der Waals surface area contributed by atoms with Crippen molar-refractivity contribution < 1.29 is 33.3 Å². The number of hydrogen-bond acceptors (Lipinski definition) is 7. The fourth-order valence-electron chi connectivity index (χ4n) is 0. The molecule has 0 heterocycles. The predicted molar refractivity (Wildman–Crippen MR) is 62.9 cm³/mol. The number of nitrogens with two attached hydrogens (primary N) is 3. The summed E-state index contributed by atoms with van der Waals surface area (Å²) in [6, 6.07) is 0. The van der Waals surface area contributed by atoms with Gasteiger partial charge in [0.15, 0.2) is 0 Å². The van der Waals surface area contributed by atoms with Crippen molar-refractivity contribution in [2.75, 3.05) is 0 Å². The van der Waals surface area contributed by atoms with Gasteiger partial charge in [0.25, 0.3) is 7.59 Å². The summed E-state index contributed by atoms with van der Waals surface area (Å²) in [5.41, 5.74) is 13.4. The highest BCUT2D eigenvalue weighted by molar-refractivity contribution is 7.56. The second kappa shape index (κ2) is 143. The first-order valence-corrected chi connectivity index (χ1v) is 4.60. The van der Waals surface area contributed by atoms with E-state index in [1.54, 1.807) is 0 Å². The molecule has 0 amide bonds. The molecular formula is C6H18N3O7P. The van der Waals surface area contributed by atoms with E-state index in [1.165, 1.54) is 0 Å². The molecule has 10 nitrogen and oxygen atoms in total. The molecule has 0 spiro atoms. The summed E-state index contributed by atoms with van der Waals surface area (Å²) < 4.78 is 9.55. The van der Waals surface area contributed by atoms with Gasteiger partial charge < -0.3 is 28.8 Å². The van der Waals surface area contributed by atoms with Crippen LogP contribution in [0.25, 0.3) is 0 Å². The van der Waals surface area contributed by atoms with Gasteiger partial charge in [-0.25, -0.2) is 0 Å². The molecule has 17 heavy (non-hydrogen) atoms. The monoisotopic (exact) mass is 275 g/mol. The molecular weight excluding hydrogens is 257 g/mol. The predicted octanol–water partition coefficient (Wildman–Crippen LogP) is -2.14. The van der Waals surface area contributed by atoms with E-state index >= 15 is 0 Å². The fourth-order valence-corrected chi connectivity index (χ4v) is 0. The van der Waals surface area contributed by atoms with Crippen LogP contribution in [0.3, 0.4) is 0 Å². The first-order valence-electron chi connectivity index (χ1n) is 2.69. The third-order valence-electron chi connectivity index (χ3n) is 0. The van der Waals surface area contributed by atoms with Crippen LogP contribution >= 0.6 is 7.59 Å². The summed E-state index contributed by atoms with van der Waals surface area (Å²) in [6.07, 6.45) is 0. The lowest BCUT2D eigenvalue weighted by Gasteiger charge is -1.88. The molecule has 0 radical (unpaired) electrons. The Morgan fingerprint density at radius 1 is 0.471 bits per heavy atom. The number of carbonyl (C=O) groups is 6. The highest BCUT2D eigenvalue weighted by atomic mass is 31.2. The zero-order chi connectivity index (χ0) is 16.5. The van der Waals surface area contributed by atoms with Gasteiger partial charge >= 0.3 is 0 Å². The zero-order valence-electron chi connectivity index (χ0n) is 9.28. The minimum absolute atomic E-state index is 2.00. The summed E-state index contributed by atoms with van der Waals surface area (Å²) in [7, 11) is -3.14. The summed E-state index contributed by atoms with van der Waals surface area (Å²) in [6.45, 7) is 12.0. The van der Waals surface area contributed by atoms with E-state index in [4.69, 9.17) is 28.8 Å². The van der Waals surface area contributed by atoms with Crippen LogP contribution < -0.4 is 16.5 Å². The standard InChI is InChI=1S/6CH2O.H6N3OP/c6*1-2;1-5(2,3)4/h6*1H2;(H6,1,2,3,4). The van der Waals surface area contributed by atoms with Crippen molar-refractivity contribution in [1.82, 2.24) is 0 Å². The number of rotatable bonds is 0. The Kier molecular flexibility index (Phi) is 384. The Morgan fingerprint density at radius 3 is 0.471 bits per heavy atom. The molecule has 0 saturated carbocycles. The summed E-state index contributed by atoms with van der Waals surface area (Å²) in [4.78, 5) is 48.0. The highest BCUT2D eigenvalue weighted by Gasteiger charge is 1.90. The Balaban J connectivity index is -0.0000000147. The molecule has 11 heteroatoms. The van der Waals surface area contributed by atoms with Gasteiger partial charge in [-0.1, -0.05) is 0 Å². The normalized spacial score (nSPS) is 4.88. The van der Waals surface area contributed by atoms with Crippen LogP contribution in [0.5, 0.6) is 0 Å². The lowest BCUT2D eigenvalue weighted by Crippen LogP contribution is -2.12. The van der Waals surface area contributed by atoms with Gasteiger partial charge in [0, 0.05) is 0 Å². The van der Waals surface area contributed by atoms with E-state index < -0.39 is 7.59 Å². The molecule has 0 bridgehead atoms. The van der Waals surface area contributed by atoms with Gasteiger partial charge in [0.1, 0.15) is 40.7 Å². The maximum absolute atomic E-state index is 9.55. The van der Waals surface area contributed by atoms with E-state index in [1.807, 2.05) is 40.7 Å². The Morgan fingerprint density at radius 2 is 0.471 bits per heavy atom. The molecule has 0 aliphatic heterocycles. The molecule has 0 aliphatic carbocycles. The van der Waals surface area contributed by atoms with E-state index in [-0.39, 0.29) is 0 Å². The van der Waals surface area contributed by atoms with Gasteiger partial charge in [-0.05, 0) is 0 Å². The van der Waals surface area contributed by atoms with Crippen LogP contribution in [-0.4, -0.2) is 40.7 Å². The molecule has 0 saturated heterocycles. The smallest absolute Gasteiger partial charge is 0.271 e. The highest BCUT2D eigenvalue weighted by Crippen LogP contribution is 2.06. The van der Waals surface area contributed by atoms with E-state index in [0.717, 1.165) is 0 Å². The molecule has 0 aliphatic rings. The van der Waals surface area contributed by atoms with Crippen LogP contribution in [0.1, 0.15) is 0 Å². The first kappa shape index (κ1) is 45.7. The lowest BCUT2D eigenvalue weighted by molar-refractivity contribution is -0.0987. The van der Waals surface area contributed by atoms with Crippen molar-refractivity contribution in [3.05, 3.63) is 0 Å². The number of carbonyl (C=O) groups excluding carboxylic acids is 6. The second-order valence-electron chi connectivity index (χ2n) is 0.763. The molecule has 104 valence electrons. The van der Waals surface area contributed by atoms with Crippen LogP contribution in [0.15, 0.2) is 0 Å². The van der Waals surface area contributed by atoms with Gasteiger partial charge in [0.05, 0.1) is 0 Å². The average molecular weight is 275 g/mol. The topological polar surface area (TPSA) is 198 Å². The van der Waals surface area contributed by atoms with Crippen LogP contribution in [0, 0.1) is 0 Å². The second-order valence-corrected chi connectivity index (χ2v) is 2.29. The van der Waals surface area contributed by atoms with Crippen LogP contribution in [0.2, 0.25) is 0 Å². The van der Waals surface area contributed by atoms with Crippen molar-refractivity contribution in [3.63, 3.8) is 0 Å². The molecule has 6 N–H and O–H groups in total. The van der Waals surface area contributed by atoms with Gasteiger partial charge in [0.2, 0.25) is 0 Å². The zero-order valence-corrected chi connectivity index (χ0v) is 10.2. The summed E-state index contributed by atoms with van der Waals surface area (Å²) >= 11 is 0. The molecule has 0 aromatic heterocycles. The van der Waals surface area contributed by atoms with Crippen molar-refractivity contribution in [1.29, 1.82) is 0 Å². The molecule has 0 fully saturated rings.